The highest BCUT2D eigenvalue weighted by Crippen LogP contribution is 2.23. The Morgan fingerprint density at radius 1 is 1.12 bits per heavy atom. The number of nitrogens with one attached hydrogen (secondary N) is 2. The van der Waals surface area contributed by atoms with Crippen molar-refractivity contribution >= 4 is 16.8 Å². The molecule has 0 unspecified atom stereocenters. The number of halogens is 1. The maximum absolute atomic E-state index is 12.9. The van der Waals surface area contributed by atoms with Gasteiger partial charge >= 0.3 is 0 Å². The second-order valence-corrected chi connectivity index (χ2v) is 6.18. The number of rotatable bonds is 5. The van der Waals surface area contributed by atoms with Crippen molar-refractivity contribution in [1.82, 2.24) is 10.3 Å². The fourth-order valence-electron chi connectivity index (χ4n) is 3.00. The third-order valence-corrected chi connectivity index (χ3v) is 4.25. The number of hydrogen-bond acceptors (Lipinski definition) is 1. The van der Waals surface area contributed by atoms with Gasteiger partial charge in [0.25, 0.3) is 0 Å². The van der Waals surface area contributed by atoms with Gasteiger partial charge < -0.3 is 10.3 Å². The van der Waals surface area contributed by atoms with Crippen molar-refractivity contribution in [2.24, 2.45) is 0 Å². The van der Waals surface area contributed by atoms with Crippen LogP contribution in [0.4, 0.5) is 4.39 Å². The molecule has 0 aliphatic heterocycles. The van der Waals surface area contributed by atoms with Crippen LogP contribution in [0.3, 0.4) is 0 Å². The van der Waals surface area contributed by atoms with Gasteiger partial charge in [-0.3, -0.25) is 4.79 Å². The number of H-pyrrole nitrogens is 1. The van der Waals surface area contributed by atoms with Gasteiger partial charge in [0, 0.05) is 23.1 Å². The lowest BCUT2D eigenvalue weighted by Gasteiger charge is -2.06. The molecule has 2 N–H and O–H groups in total. The first-order valence-corrected chi connectivity index (χ1v) is 8.12. The maximum atomic E-state index is 12.9. The summed E-state index contributed by atoms with van der Waals surface area (Å²) in [5.74, 6) is -0.334. The van der Waals surface area contributed by atoms with E-state index < -0.39 is 0 Å². The Labute approximate surface area is 140 Å². The number of hydrogen-bond donors (Lipinski definition) is 2. The Bertz CT molecular complexity index is 865. The Morgan fingerprint density at radius 3 is 2.62 bits per heavy atom. The minimum absolute atomic E-state index is 0.0460. The van der Waals surface area contributed by atoms with Crippen LogP contribution in [0, 0.1) is 19.7 Å². The molecule has 0 bridgehead atoms. The molecule has 1 heterocycles. The Balaban J connectivity index is 1.60. The molecule has 0 aliphatic rings. The van der Waals surface area contributed by atoms with E-state index in [0.717, 1.165) is 23.2 Å². The predicted molar refractivity (Wildman–Crippen MR) is 94.6 cm³/mol. The SMILES string of the molecule is Cc1ccc2[nH]c(C)c(CCNC(=O)Cc3ccc(F)cc3)c2c1. The molecular weight excluding hydrogens is 303 g/mol. The first-order chi connectivity index (χ1) is 11.5. The Kier molecular flexibility index (Phi) is 4.65. The van der Waals surface area contributed by atoms with Crippen molar-refractivity contribution in [3.8, 4) is 0 Å². The fourth-order valence-corrected chi connectivity index (χ4v) is 3.00. The summed E-state index contributed by atoms with van der Waals surface area (Å²) in [6, 6.07) is 12.4. The van der Waals surface area contributed by atoms with Crippen molar-refractivity contribution in [3.63, 3.8) is 0 Å². The van der Waals surface area contributed by atoms with Crippen LogP contribution in [0.15, 0.2) is 42.5 Å². The number of carbonyl (C=O) groups excluding carboxylic acids is 1. The zero-order valence-electron chi connectivity index (χ0n) is 13.9. The molecule has 2 aromatic carbocycles. The van der Waals surface area contributed by atoms with Crippen LogP contribution >= 0.6 is 0 Å². The smallest absolute Gasteiger partial charge is 0.224 e. The second kappa shape index (κ2) is 6.87. The molecular formula is C20H21FN2O. The summed E-state index contributed by atoms with van der Waals surface area (Å²) in [5.41, 5.74) is 5.56. The lowest BCUT2D eigenvalue weighted by atomic mass is 10.1. The average Bonchev–Trinajstić information content (AvgIpc) is 2.85. The Morgan fingerprint density at radius 2 is 1.88 bits per heavy atom. The van der Waals surface area contributed by atoms with Crippen LogP contribution < -0.4 is 5.32 Å². The maximum Gasteiger partial charge on any atom is 0.224 e. The number of fused-ring (bicyclic) bond motifs is 1. The number of aromatic nitrogens is 1. The number of aromatic amines is 1. The summed E-state index contributed by atoms with van der Waals surface area (Å²) in [6.45, 7) is 4.72. The molecule has 0 radical (unpaired) electrons. The average molecular weight is 324 g/mol. The zero-order valence-corrected chi connectivity index (χ0v) is 13.9. The topological polar surface area (TPSA) is 44.9 Å². The van der Waals surface area contributed by atoms with E-state index in [9.17, 15) is 9.18 Å². The predicted octanol–water partition coefficient (Wildman–Crippen LogP) is 3.83. The molecule has 1 amide bonds. The Hall–Kier alpha value is -2.62. The van der Waals surface area contributed by atoms with E-state index in [4.69, 9.17) is 0 Å². The second-order valence-electron chi connectivity index (χ2n) is 6.18. The summed E-state index contributed by atoms with van der Waals surface area (Å²) in [5, 5.41) is 4.17. The van der Waals surface area contributed by atoms with E-state index in [-0.39, 0.29) is 18.1 Å². The summed E-state index contributed by atoms with van der Waals surface area (Å²) >= 11 is 0. The molecule has 0 atom stereocenters. The number of benzene rings is 2. The molecule has 24 heavy (non-hydrogen) atoms. The van der Waals surface area contributed by atoms with Crippen molar-refractivity contribution in [3.05, 3.63) is 70.7 Å². The van der Waals surface area contributed by atoms with E-state index in [1.54, 1.807) is 12.1 Å². The highest BCUT2D eigenvalue weighted by atomic mass is 19.1. The molecule has 0 spiro atoms. The van der Waals surface area contributed by atoms with Gasteiger partial charge in [-0.05, 0) is 55.7 Å². The quantitative estimate of drug-likeness (QED) is 0.736. The summed E-state index contributed by atoms with van der Waals surface area (Å²) in [4.78, 5) is 15.4. The number of carbonyl (C=O) groups is 1. The van der Waals surface area contributed by atoms with Crippen LogP contribution in [0.1, 0.15) is 22.4 Å². The molecule has 124 valence electrons. The molecule has 0 saturated heterocycles. The standard InChI is InChI=1S/C20H21FN2O/c1-13-3-8-19-18(11-13)17(14(2)23-19)9-10-22-20(24)12-15-4-6-16(21)7-5-15/h3-8,11,23H,9-10,12H2,1-2H3,(H,22,24). The molecule has 0 fully saturated rings. The van der Waals surface area contributed by atoms with Crippen LogP contribution in [0.25, 0.3) is 10.9 Å². The lowest BCUT2D eigenvalue weighted by Crippen LogP contribution is -2.27. The lowest BCUT2D eigenvalue weighted by molar-refractivity contribution is -0.120. The first kappa shape index (κ1) is 16.2. The van der Waals surface area contributed by atoms with Crippen LogP contribution in [0.2, 0.25) is 0 Å². The van der Waals surface area contributed by atoms with Crippen molar-refractivity contribution in [2.45, 2.75) is 26.7 Å². The third-order valence-electron chi connectivity index (χ3n) is 4.25. The van der Waals surface area contributed by atoms with Gasteiger partial charge in [0.2, 0.25) is 5.91 Å². The fraction of sp³-hybridized carbons (Fsp3) is 0.250. The summed E-state index contributed by atoms with van der Waals surface area (Å²) < 4.78 is 12.9. The van der Waals surface area contributed by atoms with Gasteiger partial charge in [0.1, 0.15) is 5.82 Å². The monoisotopic (exact) mass is 324 g/mol. The zero-order chi connectivity index (χ0) is 17.1. The molecule has 4 heteroatoms. The van der Waals surface area contributed by atoms with Gasteiger partial charge in [0.15, 0.2) is 0 Å². The van der Waals surface area contributed by atoms with Crippen molar-refractivity contribution in [1.29, 1.82) is 0 Å². The van der Waals surface area contributed by atoms with E-state index in [0.29, 0.717) is 6.54 Å². The number of aryl methyl sites for hydroxylation is 2. The van der Waals surface area contributed by atoms with Crippen molar-refractivity contribution < 1.29 is 9.18 Å². The molecule has 0 aliphatic carbocycles. The third kappa shape index (κ3) is 3.65. The normalized spacial score (nSPS) is 11.0. The van der Waals surface area contributed by atoms with Crippen LogP contribution in [-0.2, 0) is 17.6 Å². The first-order valence-electron chi connectivity index (χ1n) is 8.12. The van der Waals surface area contributed by atoms with Gasteiger partial charge in [-0.2, -0.15) is 0 Å². The van der Waals surface area contributed by atoms with Crippen LogP contribution in [-0.4, -0.2) is 17.4 Å². The van der Waals surface area contributed by atoms with Gasteiger partial charge in [-0.15, -0.1) is 0 Å². The van der Waals surface area contributed by atoms with Crippen molar-refractivity contribution in [2.75, 3.05) is 6.54 Å². The summed E-state index contributed by atoms with van der Waals surface area (Å²) in [6.07, 6.45) is 1.05. The molecule has 3 rings (SSSR count). The molecule has 3 aromatic rings. The van der Waals surface area contributed by atoms with Gasteiger partial charge in [-0.25, -0.2) is 4.39 Å². The largest absolute Gasteiger partial charge is 0.358 e. The molecule has 1 aromatic heterocycles. The molecule has 0 saturated carbocycles. The van der Waals surface area contributed by atoms with E-state index in [1.165, 1.54) is 28.6 Å². The minimum Gasteiger partial charge on any atom is -0.358 e. The van der Waals surface area contributed by atoms with E-state index in [1.807, 2.05) is 0 Å². The highest BCUT2D eigenvalue weighted by Gasteiger charge is 2.09. The minimum atomic E-state index is -0.288. The number of amides is 1. The van der Waals surface area contributed by atoms with Gasteiger partial charge in [-0.1, -0.05) is 23.8 Å². The van der Waals surface area contributed by atoms with E-state index in [2.05, 4.69) is 42.3 Å². The molecule has 3 nitrogen and oxygen atoms in total. The van der Waals surface area contributed by atoms with Gasteiger partial charge in [0.05, 0.1) is 6.42 Å². The van der Waals surface area contributed by atoms with Crippen LogP contribution in [0.5, 0.6) is 0 Å². The van der Waals surface area contributed by atoms with E-state index >= 15 is 0 Å². The highest BCUT2D eigenvalue weighted by molar-refractivity contribution is 5.85. The summed E-state index contributed by atoms with van der Waals surface area (Å²) in [7, 11) is 0.